The zero-order valence-electron chi connectivity index (χ0n) is 7.56. The summed E-state index contributed by atoms with van der Waals surface area (Å²) in [5.41, 5.74) is 2.15. The first kappa shape index (κ1) is 8.70. The first-order valence-electron chi connectivity index (χ1n) is 4.50. The predicted molar refractivity (Wildman–Crippen MR) is 54.8 cm³/mol. The van der Waals surface area contributed by atoms with Gasteiger partial charge in [0.2, 0.25) is 0 Å². The Balaban J connectivity index is 2.44. The topological polar surface area (TPSA) is 21.3 Å². The lowest BCUT2D eigenvalue weighted by Crippen LogP contribution is -2.18. The van der Waals surface area contributed by atoms with E-state index in [2.05, 4.69) is 12.2 Å². The molecule has 0 saturated carbocycles. The molecule has 2 rings (SSSR count). The van der Waals surface area contributed by atoms with E-state index in [1.807, 2.05) is 12.1 Å². The molecule has 1 aliphatic rings. The highest BCUT2D eigenvalue weighted by atomic mass is 35.5. The van der Waals surface area contributed by atoms with Crippen LogP contribution in [0, 0.1) is 0 Å². The van der Waals surface area contributed by atoms with Gasteiger partial charge in [-0.15, -0.1) is 0 Å². The summed E-state index contributed by atoms with van der Waals surface area (Å²) in [4.78, 5) is 0. The third-order valence-electron chi connectivity index (χ3n) is 2.20. The van der Waals surface area contributed by atoms with Crippen LogP contribution in [0.1, 0.15) is 12.5 Å². The molecule has 0 amide bonds. The largest absolute Gasteiger partial charge is 0.490 e. The maximum atomic E-state index is 6.07. The van der Waals surface area contributed by atoms with Gasteiger partial charge >= 0.3 is 0 Å². The average molecular weight is 198 g/mol. The minimum absolute atomic E-state index is 0.734. The molecule has 0 unspecified atom stereocenters. The Morgan fingerprint density at radius 3 is 3.15 bits per heavy atom. The number of rotatable bonds is 1. The van der Waals surface area contributed by atoms with Gasteiger partial charge in [0.15, 0.2) is 0 Å². The summed E-state index contributed by atoms with van der Waals surface area (Å²) in [6, 6.07) is 3.96. The van der Waals surface area contributed by atoms with Gasteiger partial charge in [-0.05, 0) is 24.1 Å². The Morgan fingerprint density at radius 2 is 2.38 bits per heavy atom. The molecule has 13 heavy (non-hydrogen) atoms. The van der Waals surface area contributed by atoms with Crippen LogP contribution in [0.15, 0.2) is 12.1 Å². The first-order chi connectivity index (χ1) is 6.31. The highest BCUT2D eigenvalue weighted by molar-refractivity contribution is 6.31. The van der Waals surface area contributed by atoms with Crippen LogP contribution in [0.4, 0.5) is 5.69 Å². The van der Waals surface area contributed by atoms with Crippen molar-refractivity contribution in [1.29, 1.82) is 0 Å². The van der Waals surface area contributed by atoms with Gasteiger partial charge in [-0.1, -0.05) is 18.5 Å². The average Bonchev–Trinajstić information content (AvgIpc) is 2.17. The third-order valence-corrected chi connectivity index (χ3v) is 2.56. The van der Waals surface area contributed by atoms with Gasteiger partial charge in [0.1, 0.15) is 12.4 Å². The van der Waals surface area contributed by atoms with Crippen molar-refractivity contribution < 1.29 is 4.74 Å². The van der Waals surface area contributed by atoms with Crippen LogP contribution < -0.4 is 10.1 Å². The van der Waals surface area contributed by atoms with Crippen LogP contribution >= 0.6 is 11.6 Å². The van der Waals surface area contributed by atoms with Gasteiger partial charge in [-0.25, -0.2) is 0 Å². The summed E-state index contributed by atoms with van der Waals surface area (Å²) in [6.45, 7) is 3.68. The minimum atomic E-state index is 0.734. The maximum absolute atomic E-state index is 6.07. The molecule has 0 aromatic heterocycles. The second-order valence-corrected chi connectivity index (χ2v) is 3.48. The molecular formula is C10H12ClNO. The number of nitrogens with one attached hydrogen (secondary N) is 1. The van der Waals surface area contributed by atoms with Crippen molar-refractivity contribution in [3.05, 3.63) is 22.7 Å². The second kappa shape index (κ2) is 3.46. The third kappa shape index (κ3) is 1.59. The van der Waals surface area contributed by atoms with E-state index in [0.29, 0.717) is 0 Å². The summed E-state index contributed by atoms with van der Waals surface area (Å²) >= 11 is 6.07. The highest BCUT2D eigenvalue weighted by Gasteiger charge is 2.11. The number of benzene rings is 1. The molecule has 1 aromatic rings. The Hall–Kier alpha value is -0.890. The number of aryl methyl sites for hydroxylation is 1. The van der Waals surface area contributed by atoms with Crippen molar-refractivity contribution in [2.75, 3.05) is 18.5 Å². The van der Waals surface area contributed by atoms with Crippen molar-refractivity contribution in [1.82, 2.24) is 0 Å². The molecule has 0 aliphatic carbocycles. The number of hydrogen-bond acceptors (Lipinski definition) is 2. The highest BCUT2D eigenvalue weighted by Crippen LogP contribution is 2.33. The van der Waals surface area contributed by atoms with Gasteiger partial charge < -0.3 is 10.1 Å². The molecule has 0 fully saturated rings. The summed E-state index contributed by atoms with van der Waals surface area (Å²) in [6.07, 6.45) is 0.940. The van der Waals surface area contributed by atoms with Crippen molar-refractivity contribution >= 4 is 17.3 Å². The molecule has 1 aromatic carbocycles. The van der Waals surface area contributed by atoms with Crippen LogP contribution in [-0.4, -0.2) is 13.2 Å². The molecular weight excluding hydrogens is 186 g/mol. The normalized spacial score (nSPS) is 14.3. The summed E-state index contributed by atoms with van der Waals surface area (Å²) < 4.78 is 5.50. The van der Waals surface area contributed by atoms with Crippen molar-refractivity contribution in [2.45, 2.75) is 13.3 Å². The number of hydrogen-bond donors (Lipinski definition) is 1. The lowest BCUT2D eigenvalue weighted by atomic mass is 10.1. The SMILES string of the molecule is CCc1cc2c(cc1Cl)NCCO2. The molecule has 1 aliphatic heterocycles. The number of anilines is 1. The fourth-order valence-corrected chi connectivity index (χ4v) is 1.77. The van der Waals surface area contributed by atoms with Crippen molar-refractivity contribution in [3.8, 4) is 5.75 Å². The molecule has 2 nitrogen and oxygen atoms in total. The maximum Gasteiger partial charge on any atom is 0.142 e. The molecule has 1 N–H and O–H groups in total. The van der Waals surface area contributed by atoms with E-state index in [9.17, 15) is 0 Å². The monoisotopic (exact) mass is 197 g/mol. The van der Waals surface area contributed by atoms with E-state index in [1.54, 1.807) is 0 Å². The van der Waals surface area contributed by atoms with Gasteiger partial charge in [-0.3, -0.25) is 0 Å². The van der Waals surface area contributed by atoms with Gasteiger partial charge in [0.25, 0.3) is 0 Å². The number of ether oxygens (including phenoxy) is 1. The van der Waals surface area contributed by atoms with Crippen LogP contribution in [-0.2, 0) is 6.42 Å². The lowest BCUT2D eigenvalue weighted by molar-refractivity contribution is 0.323. The summed E-state index contributed by atoms with van der Waals surface area (Å²) in [5.74, 6) is 0.924. The molecule has 0 radical (unpaired) electrons. The molecule has 0 spiro atoms. The molecule has 1 heterocycles. The van der Waals surface area contributed by atoms with Crippen LogP contribution in [0.25, 0.3) is 0 Å². The zero-order chi connectivity index (χ0) is 9.26. The summed E-state index contributed by atoms with van der Waals surface area (Å²) in [5, 5.41) is 4.06. The molecule has 0 saturated heterocycles. The Morgan fingerprint density at radius 1 is 1.54 bits per heavy atom. The van der Waals surface area contributed by atoms with E-state index in [1.165, 1.54) is 0 Å². The second-order valence-electron chi connectivity index (χ2n) is 3.07. The van der Waals surface area contributed by atoms with Gasteiger partial charge in [0.05, 0.1) is 5.69 Å². The first-order valence-corrected chi connectivity index (χ1v) is 4.88. The van der Waals surface area contributed by atoms with Crippen LogP contribution in [0.2, 0.25) is 5.02 Å². The van der Waals surface area contributed by atoms with E-state index in [4.69, 9.17) is 16.3 Å². The fraction of sp³-hybridized carbons (Fsp3) is 0.400. The lowest BCUT2D eigenvalue weighted by Gasteiger charge is -2.20. The Bertz CT molecular complexity index is 325. The minimum Gasteiger partial charge on any atom is -0.490 e. The van der Waals surface area contributed by atoms with Crippen LogP contribution in [0.3, 0.4) is 0 Å². The smallest absolute Gasteiger partial charge is 0.142 e. The van der Waals surface area contributed by atoms with E-state index in [-0.39, 0.29) is 0 Å². The molecule has 0 bridgehead atoms. The summed E-state index contributed by atoms with van der Waals surface area (Å²) in [7, 11) is 0. The van der Waals surface area contributed by atoms with E-state index in [0.717, 1.165) is 41.6 Å². The molecule has 70 valence electrons. The number of halogens is 1. The molecule has 0 atom stereocenters. The Labute approximate surface area is 82.9 Å². The van der Waals surface area contributed by atoms with Crippen molar-refractivity contribution in [3.63, 3.8) is 0 Å². The Kier molecular flexibility index (Phi) is 2.32. The van der Waals surface area contributed by atoms with E-state index >= 15 is 0 Å². The fourth-order valence-electron chi connectivity index (χ4n) is 1.47. The zero-order valence-corrected chi connectivity index (χ0v) is 8.32. The standard InChI is InChI=1S/C10H12ClNO/c1-2-7-5-10-9(6-8(7)11)12-3-4-13-10/h5-6,12H,2-4H2,1H3. The van der Waals surface area contributed by atoms with Crippen molar-refractivity contribution in [2.24, 2.45) is 0 Å². The van der Waals surface area contributed by atoms with Crippen LogP contribution in [0.5, 0.6) is 5.75 Å². The molecule has 3 heteroatoms. The number of fused-ring (bicyclic) bond motifs is 1. The quantitative estimate of drug-likeness (QED) is 0.748. The van der Waals surface area contributed by atoms with Gasteiger partial charge in [0, 0.05) is 11.6 Å². The van der Waals surface area contributed by atoms with Gasteiger partial charge in [-0.2, -0.15) is 0 Å². The van der Waals surface area contributed by atoms with E-state index < -0.39 is 0 Å². The predicted octanol–water partition coefficient (Wildman–Crippen LogP) is 2.71.